The first kappa shape index (κ1) is 27.9. The molecule has 0 aromatic heterocycles. The Kier molecular flexibility index (Phi) is 9.78. The highest BCUT2D eigenvalue weighted by Crippen LogP contribution is 2.32. The van der Waals surface area contributed by atoms with Crippen LogP contribution in [-0.4, -0.2) is 44.2 Å². The van der Waals surface area contributed by atoms with Crippen LogP contribution in [0.2, 0.25) is 0 Å². The zero-order valence-electron chi connectivity index (χ0n) is 23.0. The van der Waals surface area contributed by atoms with Gasteiger partial charge in [0.25, 0.3) is 0 Å². The maximum absolute atomic E-state index is 10.6. The van der Waals surface area contributed by atoms with E-state index in [0.29, 0.717) is 48.8 Å². The van der Waals surface area contributed by atoms with E-state index in [2.05, 4.69) is 91.2 Å². The van der Waals surface area contributed by atoms with Crippen molar-refractivity contribution in [3.8, 4) is 11.5 Å². The lowest BCUT2D eigenvalue weighted by Crippen LogP contribution is -2.36. The molecule has 4 nitrogen and oxygen atoms in total. The van der Waals surface area contributed by atoms with Crippen molar-refractivity contribution < 1.29 is 10.2 Å². The Labute approximate surface area is 207 Å². The van der Waals surface area contributed by atoms with Gasteiger partial charge in [0.1, 0.15) is 11.5 Å². The smallest absolute Gasteiger partial charge is 0.120 e. The summed E-state index contributed by atoms with van der Waals surface area (Å²) < 4.78 is 0. The molecule has 2 aromatic rings. The molecule has 0 heterocycles. The molecule has 0 bridgehead atoms. The number of benzene rings is 2. The van der Waals surface area contributed by atoms with E-state index >= 15 is 0 Å². The SMILES string of the molecule is C/C(=C(\C)c1ccc(O)c(CN(C(C)C)C(C)C)c1)c1ccc(O)c(CN(C(C)C)C(C)C)c1. The molecule has 0 aliphatic carbocycles. The van der Waals surface area contributed by atoms with Gasteiger partial charge in [-0.15, -0.1) is 0 Å². The molecule has 4 heteroatoms. The first-order valence-electron chi connectivity index (χ1n) is 12.7. The predicted octanol–water partition coefficient (Wildman–Crippen LogP) is 7.29. The first-order chi connectivity index (χ1) is 15.8. The van der Waals surface area contributed by atoms with Crippen molar-refractivity contribution in [2.45, 2.75) is 106 Å². The van der Waals surface area contributed by atoms with Gasteiger partial charge < -0.3 is 10.2 Å². The van der Waals surface area contributed by atoms with E-state index in [1.807, 2.05) is 24.3 Å². The van der Waals surface area contributed by atoms with E-state index in [9.17, 15) is 10.2 Å². The van der Waals surface area contributed by atoms with Crippen LogP contribution >= 0.6 is 0 Å². The Hall–Kier alpha value is -2.30. The second-order valence-corrected chi connectivity index (χ2v) is 10.7. The predicted molar refractivity (Wildman–Crippen MR) is 146 cm³/mol. The second-order valence-electron chi connectivity index (χ2n) is 10.7. The highest BCUT2D eigenvalue weighted by Gasteiger charge is 2.18. The molecule has 0 unspecified atom stereocenters. The van der Waals surface area contributed by atoms with Crippen molar-refractivity contribution in [3.05, 3.63) is 58.7 Å². The second kappa shape index (κ2) is 11.9. The van der Waals surface area contributed by atoms with Crippen molar-refractivity contribution in [2.75, 3.05) is 0 Å². The Morgan fingerprint density at radius 1 is 0.588 bits per heavy atom. The summed E-state index contributed by atoms with van der Waals surface area (Å²) >= 11 is 0. The summed E-state index contributed by atoms with van der Waals surface area (Å²) in [5, 5.41) is 21.1. The minimum absolute atomic E-state index is 0.342. The summed E-state index contributed by atoms with van der Waals surface area (Å²) in [6, 6.07) is 13.4. The molecule has 0 saturated carbocycles. The number of allylic oxidation sites excluding steroid dienone is 2. The summed E-state index contributed by atoms with van der Waals surface area (Å²) in [6.07, 6.45) is 0. The number of rotatable bonds is 10. The molecule has 34 heavy (non-hydrogen) atoms. The zero-order chi connectivity index (χ0) is 25.7. The third-order valence-corrected chi connectivity index (χ3v) is 6.95. The van der Waals surface area contributed by atoms with Crippen molar-refractivity contribution in [1.29, 1.82) is 0 Å². The number of phenols is 2. The highest BCUT2D eigenvalue weighted by molar-refractivity contribution is 5.89. The van der Waals surface area contributed by atoms with Gasteiger partial charge in [-0.3, -0.25) is 9.80 Å². The lowest BCUT2D eigenvalue weighted by molar-refractivity contribution is 0.164. The van der Waals surface area contributed by atoms with Crippen LogP contribution < -0.4 is 0 Å². The van der Waals surface area contributed by atoms with Gasteiger partial charge >= 0.3 is 0 Å². The minimum Gasteiger partial charge on any atom is -0.508 e. The lowest BCUT2D eigenvalue weighted by Gasteiger charge is -2.31. The Morgan fingerprint density at radius 2 is 0.882 bits per heavy atom. The van der Waals surface area contributed by atoms with Crippen LogP contribution in [0.15, 0.2) is 36.4 Å². The van der Waals surface area contributed by atoms with Gasteiger partial charge in [-0.25, -0.2) is 0 Å². The van der Waals surface area contributed by atoms with E-state index < -0.39 is 0 Å². The quantitative estimate of drug-likeness (QED) is 0.361. The fourth-order valence-corrected chi connectivity index (χ4v) is 4.64. The van der Waals surface area contributed by atoms with E-state index in [0.717, 1.165) is 22.3 Å². The maximum Gasteiger partial charge on any atom is 0.120 e. The molecule has 2 N–H and O–H groups in total. The van der Waals surface area contributed by atoms with E-state index in [1.165, 1.54) is 11.1 Å². The minimum atomic E-state index is 0.342. The van der Waals surface area contributed by atoms with Crippen LogP contribution in [-0.2, 0) is 13.1 Å². The van der Waals surface area contributed by atoms with Crippen LogP contribution in [0.3, 0.4) is 0 Å². The van der Waals surface area contributed by atoms with Crippen molar-refractivity contribution in [1.82, 2.24) is 9.80 Å². The average Bonchev–Trinajstić information content (AvgIpc) is 2.75. The molecular weight excluding hydrogens is 420 g/mol. The molecule has 0 amide bonds. The molecule has 0 fully saturated rings. The van der Waals surface area contributed by atoms with Crippen LogP contribution in [0.25, 0.3) is 11.1 Å². The number of phenolic OH excluding ortho intramolecular Hbond substituents is 2. The average molecular weight is 467 g/mol. The summed E-state index contributed by atoms with van der Waals surface area (Å²) in [4.78, 5) is 4.76. The van der Waals surface area contributed by atoms with Gasteiger partial charge in [0.2, 0.25) is 0 Å². The third kappa shape index (κ3) is 6.86. The number of aromatic hydroxyl groups is 2. The Bertz CT molecular complexity index is 894. The van der Waals surface area contributed by atoms with E-state index in [4.69, 9.17) is 0 Å². The fourth-order valence-electron chi connectivity index (χ4n) is 4.64. The molecule has 2 aromatic carbocycles. The van der Waals surface area contributed by atoms with E-state index in [1.54, 1.807) is 0 Å². The topological polar surface area (TPSA) is 46.9 Å². The lowest BCUT2D eigenvalue weighted by atomic mass is 9.94. The largest absolute Gasteiger partial charge is 0.508 e. The molecule has 0 saturated heterocycles. The van der Waals surface area contributed by atoms with Crippen molar-refractivity contribution >= 4 is 11.1 Å². The third-order valence-electron chi connectivity index (χ3n) is 6.95. The zero-order valence-corrected chi connectivity index (χ0v) is 23.0. The molecule has 188 valence electrons. The standard InChI is InChI=1S/C30H46N2O2/c1-19(2)31(20(3)4)17-27-15-25(11-13-29(27)33)23(9)24(10)26-12-14-30(34)28(16-26)18-32(21(5)6)22(7)8/h11-16,19-22,33-34H,17-18H2,1-10H3/b24-23-. The number of nitrogens with zero attached hydrogens (tertiary/aromatic N) is 2. The van der Waals surface area contributed by atoms with Crippen LogP contribution in [0, 0.1) is 0 Å². The van der Waals surface area contributed by atoms with Crippen LogP contribution in [0.5, 0.6) is 11.5 Å². The molecule has 0 spiro atoms. The van der Waals surface area contributed by atoms with Gasteiger partial charge in [-0.05, 0) is 116 Å². The molecular formula is C30H46N2O2. The first-order valence-corrected chi connectivity index (χ1v) is 12.7. The Morgan fingerprint density at radius 3 is 1.15 bits per heavy atom. The molecule has 2 rings (SSSR count). The molecule has 0 aliphatic heterocycles. The van der Waals surface area contributed by atoms with Crippen LogP contribution in [0.4, 0.5) is 0 Å². The summed E-state index contributed by atoms with van der Waals surface area (Å²) in [5.41, 5.74) is 6.45. The van der Waals surface area contributed by atoms with Gasteiger partial charge in [0.15, 0.2) is 0 Å². The van der Waals surface area contributed by atoms with E-state index in [-0.39, 0.29) is 0 Å². The summed E-state index contributed by atoms with van der Waals surface area (Å²) in [7, 11) is 0. The van der Waals surface area contributed by atoms with Crippen molar-refractivity contribution in [2.24, 2.45) is 0 Å². The van der Waals surface area contributed by atoms with Crippen molar-refractivity contribution in [3.63, 3.8) is 0 Å². The van der Waals surface area contributed by atoms with Gasteiger partial charge in [0.05, 0.1) is 0 Å². The molecule has 0 aliphatic rings. The monoisotopic (exact) mass is 466 g/mol. The fraction of sp³-hybridized carbons (Fsp3) is 0.533. The number of hydrogen-bond donors (Lipinski definition) is 2. The highest BCUT2D eigenvalue weighted by atomic mass is 16.3. The van der Waals surface area contributed by atoms with Gasteiger partial charge in [0, 0.05) is 48.4 Å². The van der Waals surface area contributed by atoms with Crippen LogP contribution in [0.1, 0.15) is 91.5 Å². The summed E-state index contributed by atoms with van der Waals surface area (Å²) in [6.45, 7) is 23.2. The Balaban J connectivity index is 2.43. The summed E-state index contributed by atoms with van der Waals surface area (Å²) in [5.74, 6) is 0.685. The molecule has 0 atom stereocenters. The maximum atomic E-state index is 10.6. The normalized spacial score (nSPS) is 13.2. The number of hydrogen-bond acceptors (Lipinski definition) is 4. The van der Waals surface area contributed by atoms with Gasteiger partial charge in [-0.1, -0.05) is 12.1 Å². The van der Waals surface area contributed by atoms with Gasteiger partial charge in [-0.2, -0.15) is 0 Å². The molecule has 0 radical (unpaired) electrons.